The zero-order chi connectivity index (χ0) is 11.3. The maximum absolute atomic E-state index is 9.20. The summed E-state index contributed by atoms with van der Waals surface area (Å²) in [6.07, 6.45) is 4.79. The molecule has 1 heterocycles. The maximum Gasteiger partial charge on any atom is 0.0625 e. The first-order chi connectivity index (χ1) is 7.09. The predicted octanol–water partition coefficient (Wildman–Crippen LogP) is 0.873. The van der Waals surface area contributed by atoms with Gasteiger partial charge < -0.3 is 10.4 Å². The van der Waals surface area contributed by atoms with Gasteiger partial charge in [-0.15, -0.1) is 11.8 Å². The fourth-order valence-electron chi connectivity index (χ4n) is 1.15. The second-order valence-corrected chi connectivity index (χ2v) is 5.09. The van der Waals surface area contributed by atoms with Gasteiger partial charge in [0.2, 0.25) is 0 Å². The first-order valence-electron chi connectivity index (χ1n) is 5.01. The van der Waals surface area contributed by atoms with Crippen molar-refractivity contribution in [3.05, 3.63) is 12.4 Å². The third-order valence-corrected chi connectivity index (χ3v) is 3.51. The van der Waals surface area contributed by atoms with Gasteiger partial charge in [-0.05, 0) is 26.1 Å². The molecule has 15 heavy (non-hydrogen) atoms. The molecule has 0 aliphatic rings. The highest BCUT2D eigenvalue weighted by molar-refractivity contribution is 7.99. The van der Waals surface area contributed by atoms with Crippen LogP contribution in [0.15, 0.2) is 17.3 Å². The second kappa shape index (κ2) is 5.53. The van der Waals surface area contributed by atoms with Crippen molar-refractivity contribution >= 4 is 11.8 Å². The summed E-state index contributed by atoms with van der Waals surface area (Å²) in [5, 5.41) is 16.4. The van der Waals surface area contributed by atoms with Crippen LogP contribution in [0.3, 0.4) is 0 Å². The van der Waals surface area contributed by atoms with E-state index in [-0.39, 0.29) is 12.1 Å². The molecule has 0 saturated heterocycles. The molecule has 0 spiro atoms. The summed E-state index contributed by atoms with van der Waals surface area (Å²) in [6.45, 7) is 2.19. The summed E-state index contributed by atoms with van der Waals surface area (Å²) in [5.41, 5.74) is -0.171. The van der Waals surface area contributed by atoms with Crippen LogP contribution in [0.5, 0.6) is 0 Å². The highest BCUT2D eigenvalue weighted by Crippen LogP contribution is 2.20. The summed E-state index contributed by atoms with van der Waals surface area (Å²) in [4.78, 5) is 1.17. The Labute approximate surface area is 95.1 Å². The molecule has 1 rings (SSSR count). The van der Waals surface area contributed by atoms with Gasteiger partial charge in [0.05, 0.1) is 12.8 Å². The zero-order valence-electron chi connectivity index (χ0n) is 9.53. The van der Waals surface area contributed by atoms with Crippen LogP contribution in [0.25, 0.3) is 0 Å². The number of hydrogen-bond donors (Lipinski definition) is 2. The minimum Gasteiger partial charge on any atom is -0.394 e. The van der Waals surface area contributed by atoms with E-state index in [1.54, 1.807) is 16.4 Å². The van der Waals surface area contributed by atoms with Crippen molar-refractivity contribution in [1.29, 1.82) is 0 Å². The first kappa shape index (κ1) is 12.5. The van der Waals surface area contributed by atoms with Gasteiger partial charge in [0.1, 0.15) is 0 Å². The number of aryl methyl sites for hydroxylation is 1. The second-order valence-electron chi connectivity index (χ2n) is 3.92. The van der Waals surface area contributed by atoms with Crippen LogP contribution in [0.1, 0.15) is 13.3 Å². The molecule has 0 radical (unpaired) electrons. The molecule has 4 nitrogen and oxygen atoms in total. The molecule has 0 aliphatic carbocycles. The average molecular weight is 229 g/mol. The zero-order valence-corrected chi connectivity index (χ0v) is 10.3. The Kier molecular flexibility index (Phi) is 4.63. The van der Waals surface area contributed by atoms with Crippen molar-refractivity contribution in [2.75, 3.05) is 19.4 Å². The quantitative estimate of drug-likeness (QED) is 0.711. The Hall–Kier alpha value is -0.520. The number of aliphatic hydroxyl groups excluding tert-OH is 1. The van der Waals surface area contributed by atoms with Crippen LogP contribution in [-0.2, 0) is 7.05 Å². The highest BCUT2D eigenvalue weighted by atomic mass is 32.2. The van der Waals surface area contributed by atoms with Crippen molar-refractivity contribution in [2.24, 2.45) is 7.05 Å². The third kappa shape index (κ3) is 3.85. The lowest BCUT2D eigenvalue weighted by Gasteiger charge is -2.26. The highest BCUT2D eigenvalue weighted by Gasteiger charge is 2.19. The number of thioether (sulfide) groups is 1. The van der Waals surface area contributed by atoms with E-state index in [4.69, 9.17) is 0 Å². The molecule has 1 aromatic rings. The van der Waals surface area contributed by atoms with E-state index in [0.29, 0.717) is 0 Å². The van der Waals surface area contributed by atoms with Gasteiger partial charge in [0.25, 0.3) is 0 Å². The summed E-state index contributed by atoms with van der Waals surface area (Å²) in [5.74, 6) is 0.976. The standard InChI is InChI=1S/C10H19N3OS/c1-10(8-14,11-2)4-5-15-9-6-12-13(3)7-9/h6-7,11,14H,4-5,8H2,1-3H3. The number of aromatic nitrogens is 2. The van der Waals surface area contributed by atoms with Gasteiger partial charge in [-0.25, -0.2) is 0 Å². The minimum atomic E-state index is -0.171. The topological polar surface area (TPSA) is 50.1 Å². The molecule has 1 unspecified atom stereocenters. The molecule has 0 aliphatic heterocycles. The van der Waals surface area contributed by atoms with Crippen LogP contribution in [0.2, 0.25) is 0 Å². The molecule has 0 aromatic carbocycles. The Morgan fingerprint density at radius 1 is 1.67 bits per heavy atom. The van der Waals surface area contributed by atoms with Crippen LogP contribution < -0.4 is 5.32 Å². The molecule has 2 N–H and O–H groups in total. The number of rotatable bonds is 6. The van der Waals surface area contributed by atoms with Gasteiger partial charge in [-0.2, -0.15) is 5.10 Å². The molecule has 0 fully saturated rings. The maximum atomic E-state index is 9.20. The smallest absolute Gasteiger partial charge is 0.0625 e. The number of nitrogens with one attached hydrogen (secondary N) is 1. The van der Waals surface area contributed by atoms with Crippen LogP contribution in [0.4, 0.5) is 0 Å². The van der Waals surface area contributed by atoms with E-state index in [1.165, 1.54) is 4.90 Å². The van der Waals surface area contributed by atoms with E-state index in [0.717, 1.165) is 12.2 Å². The molecule has 1 atom stereocenters. The van der Waals surface area contributed by atoms with Crippen molar-refractivity contribution in [3.8, 4) is 0 Å². The Morgan fingerprint density at radius 3 is 2.87 bits per heavy atom. The first-order valence-corrected chi connectivity index (χ1v) is 5.99. The molecule has 0 amide bonds. The monoisotopic (exact) mass is 229 g/mol. The number of aliphatic hydroxyl groups is 1. The third-order valence-electron chi connectivity index (χ3n) is 2.56. The average Bonchev–Trinajstić information content (AvgIpc) is 2.64. The predicted molar refractivity (Wildman–Crippen MR) is 63.1 cm³/mol. The minimum absolute atomic E-state index is 0.164. The van der Waals surface area contributed by atoms with Crippen molar-refractivity contribution in [1.82, 2.24) is 15.1 Å². The lowest BCUT2D eigenvalue weighted by atomic mass is 10.0. The lowest BCUT2D eigenvalue weighted by molar-refractivity contribution is 0.179. The molecule has 5 heteroatoms. The van der Waals surface area contributed by atoms with Crippen LogP contribution >= 0.6 is 11.8 Å². The fraction of sp³-hybridized carbons (Fsp3) is 0.700. The number of hydrogen-bond acceptors (Lipinski definition) is 4. The molecular weight excluding hydrogens is 210 g/mol. The van der Waals surface area contributed by atoms with E-state index in [1.807, 2.05) is 33.4 Å². The number of likely N-dealkylation sites (N-methyl/N-ethyl adjacent to an activating group) is 1. The van der Waals surface area contributed by atoms with E-state index < -0.39 is 0 Å². The Bertz CT molecular complexity index is 297. The fourth-order valence-corrected chi connectivity index (χ4v) is 2.29. The van der Waals surface area contributed by atoms with E-state index in [9.17, 15) is 5.11 Å². The van der Waals surface area contributed by atoms with Crippen LogP contribution in [0, 0.1) is 0 Å². The summed E-state index contributed by atoms with van der Waals surface area (Å²) in [7, 11) is 3.79. The van der Waals surface area contributed by atoms with E-state index in [2.05, 4.69) is 10.4 Å². The summed E-state index contributed by atoms with van der Waals surface area (Å²) >= 11 is 1.76. The SMILES string of the molecule is CNC(C)(CO)CCSc1cnn(C)c1. The van der Waals surface area contributed by atoms with Gasteiger partial charge in [0.15, 0.2) is 0 Å². The Balaban J connectivity index is 2.32. The molecule has 86 valence electrons. The van der Waals surface area contributed by atoms with Gasteiger partial charge >= 0.3 is 0 Å². The summed E-state index contributed by atoms with van der Waals surface area (Å²) in [6, 6.07) is 0. The molecular formula is C10H19N3OS. The normalized spacial score (nSPS) is 15.2. The Morgan fingerprint density at radius 2 is 2.40 bits per heavy atom. The largest absolute Gasteiger partial charge is 0.394 e. The van der Waals surface area contributed by atoms with Gasteiger partial charge in [-0.1, -0.05) is 0 Å². The van der Waals surface area contributed by atoms with Crippen molar-refractivity contribution in [2.45, 2.75) is 23.8 Å². The van der Waals surface area contributed by atoms with E-state index >= 15 is 0 Å². The van der Waals surface area contributed by atoms with Crippen molar-refractivity contribution in [3.63, 3.8) is 0 Å². The van der Waals surface area contributed by atoms with Gasteiger partial charge in [0, 0.05) is 23.7 Å². The molecule has 0 bridgehead atoms. The number of nitrogens with zero attached hydrogens (tertiary/aromatic N) is 2. The van der Waals surface area contributed by atoms with Gasteiger partial charge in [-0.3, -0.25) is 4.68 Å². The van der Waals surface area contributed by atoms with Crippen LogP contribution in [-0.4, -0.2) is 39.8 Å². The van der Waals surface area contributed by atoms with Crippen molar-refractivity contribution < 1.29 is 5.11 Å². The lowest BCUT2D eigenvalue weighted by Crippen LogP contribution is -2.43. The summed E-state index contributed by atoms with van der Waals surface area (Å²) < 4.78 is 1.80. The molecule has 1 aromatic heterocycles. The molecule has 0 saturated carbocycles.